The Morgan fingerprint density at radius 1 is 1.23 bits per heavy atom. The fourth-order valence-corrected chi connectivity index (χ4v) is 3.44. The van der Waals surface area contributed by atoms with Gasteiger partial charge in [0.2, 0.25) is 5.82 Å². The summed E-state index contributed by atoms with van der Waals surface area (Å²) in [5, 5.41) is 6.18. The molecule has 1 aliphatic rings. The highest BCUT2D eigenvalue weighted by Gasteiger charge is 2.38. The summed E-state index contributed by atoms with van der Waals surface area (Å²) in [5.74, 6) is -1.06. The molecule has 1 aliphatic heterocycles. The molecule has 7 nitrogen and oxygen atoms in total. The Morgan fingerprint density at radius 3 is 2.68 bits per heavy atom. The standard InChI is InChI=1S/C21H19F3N4O3/c1-13-12-15-4-2-3-5-17(15)28(13)20(29)25-10-11-30-16-8-6-14(7-9-16)18-26-19(31-27-18)21(22,23)24/h2-9,13H,10-12H2,1H3,(H,25,29). The Kier molecular flexibility index (Phi) is 5.53. The van der Waals surface area contributed by atoms with Crippen LogP contribution in [0.5, 0.6) is 5.75 Å². The number of alkyl halides is 3. The number of halogens is 3. The van der Waals surface area contributed by atoms with Crippen molar-refractivity contribution in [1.29, 1.82) is 0 Å². The van der Waals surface area contributed by atoms with Crippen molar-refractivity contribution in [2.75, 3.05) is 18.1 Å². The molecule has 0 saturated carbocycles. The zero-order chi connectivity index (χ0) is 22.0. The molecule has 2 heterocycles. The van der Waals surface area contributed by atoms with E-state index in [-0.39, 0.29) is 24.5 Å². The number of fused-ring (bicyclic) bond motifs is 1. The van der Waals surface area contributed by atoms with Crippen LogP contribution in [0.1, 0.15) is 18.4 Å². The summed E-state index contributed by atoms with van der Waals surface area (Å²) in [5.41, 5.74) is 2.42. The van der Waals surface area contributed by atoms with Gasteiger partial charge in [-0.2, -0.15) is 18.2 Å². The zero-order valence-corrected chi connectivity index (χ0v) is 16.5. The Balaban J connectivity index is 1.28. The molecule has 3 aromatic rings. The van der Waals surface area contributed by atoms with Gasteiger partial charge in [-0.1, -0.05) is 23.4 Å². The van der Waals surface area contributed by atoms with E-state index in [2.05, 4.69) is 20.0 Å². The maximum atomic E-state index is 12.6. The smallest absolute Gasteiger partial charge is 0.471 e. The quantitative estimate of drug-likeness (QED) is 0.609. The lowest BCUT2D eigenvalue weighted by molar-refractivity contribution is -0.159. The van der Waals surface area contributed by atoms with Gasteiger partial charge in [-0.3, -0.25) is 4.90 Å². The molecule has 4 rings (SSSR count). The van der Waals surface area contributed by atoms with Crippen LogP contribution in [-0.2, 0) is 12.6 Å². The SMILES string of the molecule is CC1Cc2ccccc2N1C(=O)NCCOc1ccc(-c2noc(C(F)(F)F)n2)cc1. The van der Waals surface area contributed by atoms with E-state index in [1.54, 1.807) is 17.0 Å². The van der Waals surface area contributed by atoms with Crippen LogP contribution in [0.3, 0.4) is 0 Å². The number of rotatable bonds is 5. The minimum Gasteiger partial charge on any atom is -0.492 e. The van der Waals surface area contributed by atoms with Gasteiger partial charge >= 0.3 is 18.1 Å². The number of para-hydroxylation sites is 1. The first-order chi connectivity index (χ1) is 14.8. The molecule has 31 heavy (non-hydrogen) atoms. The average Bonchev–Trinajstić information content (AvgIpc) is 3.36. The fourth-order valence-electron chi connectivity index (χ4n) is 3.44. The first kappa shape index (κ1) is 20.7. The van der Waals surface area contributed by atoms with Crippen molar-refractivity contribution in [1.82, 2.24) is 15.5 Å². The van der Waals surface area contributed by atoms with Crippen molar-refractivity contribution in [2.45, 2.75) is 25.6 Å². The van der Waals surface area contributed by atoms with Crippen LogP contribution in [0, 0.1) is 0 Å². The lowest BCUT2D eigenvalue weighted by Crippen LogP contribution is -2.44. The van der Waals surface area contributed by atoms with Gasteiger partial charge in [-0.15, -0.1) is 0 Å². The number of anilines is 1. The van der Waals surface area contributed by atoms with Gasteiger partial charge in [0.25, 0.3) is 0 Å². The molecule has 1 aromatic heterocycles. The molecule has 162 valence electrons. The van der Waals surface area contributed by atoms with E-state index in [1.807, 2.05) is 31.2 Å². The van der Waals surface area contributed by atoms with Crippen molar-refractivity contribution < 1.29 is 27.2 Å². The summed E-state index contributed by atoms with van der Waals surface area (Å²) in [7, 11) is 0. The number of nitrogens with zero attached hydrogens (tertiary/aromatic N) is 3. The maximum Gasteiger partial charge on any atom is 0.471 e. The number of aromatic nitrogens is 2. The maximum absolute atomic E-state index is 12.6. The third-order valence-corrected chi connectivity index (χ3v) is 4.85. The van der Waals surface area contributed by atoms with Crippen LogP contribution in [0.25, 0.3) is 11.4 Å². The molecule has 10 heteroatoms. The zero-order valence-electron chi connectivity index (χ0n) is 16.5. The summed E-state index contributed by atoms with van der Waals surface area (Å²) in [6.07, 6.45) is -3.87. The van der Waals surface area contributed by atoms with Crippen molar-refractivity contribution in [2.24, 2.45) is 0 Å². The number of ether oxygens (including phenoxy) is 1. The minimum atomic E-state index is -4.69. The number of nitrogens with one attached hydrogen (secondary N) is 1. The van der Waals surface area contributed by atoms with Crippen molar-refractivity contribution >= 4 is 11.7 Å². The number of urea groups is 1. The van der Waals surface area contributed by atoms with Crippen LogP contribution in [0.2, 0.25) is 0 Å². The molecule has 0 saturated heterocycles. The summed E-state index contributed by atoms with van der Waals surface area (Å²) < 4.78 is 47.5. The van der Waals surface area contributed by atoms with Crippen molar-refractivity contribution in [3.05, 3.63) is 60.0 Å². The number of hydrogen-bond acceptors (Lipinski definition) is 5. The second kappa shape index (κ2) is 8.29. The first-order valence-electron chi connectivity index (χ1n) is 9.62. The molecular weight excluding hydrogens is 413 g/mol. The second-order valence-corrected chi connectivity index (χ2v) is 7.08. The summed E-state index contributed by atoms with van der Waals surface area (Å²) >= 11 is 0. The normalized spacial score (nSPS) is 15.6. The van der Waals surface area contributed by atoms with E-state index >= 15 is 0 Å². The predicted octanol–water partition coefficient (Wildman–Crippen LogP) is 4.30. The molecule has 0 aliphatic carbocycles. The van der Waals surface area contributed by atoms with E-state index in [1.165, 1.54) is 12.1 Å². The van der Waals surface area contributed by atoms with Gasteiger partial charge < -0.3 is 14.6 Å². The third kappa shape index (κ3) is 4.47. The van der Waals surface area contributed by atoms with Gasteiger partial charge in [0.1, 0.15) is 12.4 Å². The largest absolute Gasteiger partial charge is 0.492 e. The fraction of sp³-hybridized carbons (Fsp3) is 0.286. The number of carbonyl (C=O) groups excluding carboxylic acids is 1. The number of hydrogen-bond donors (Lipinski definition) is 1. The van der Waals surface area contributed by atoms with Gasteiger partial charge in [0, 0.05) is 17.3 Å². The van der Waals surface area contributed by atoms with E-state index in [0.29, 0.717) is 17.9 Å². The molecule has 2 aromatic carbocycles. The van der Waals surface area contributed by atoms with E-state index in [9.17, 15) is 18.0 Å². The number of carbonyl (C=O) groups is 1. The van der Waals surface area contributed by atoms with E-state index in [0.717, 1.165) is 17.7 Å². The van der Waals surface area contributed by atoms with Crippen molar-refractivity contribution in [3.8, 4) is 17.1 Å². The van der Waals surface area contributed by atoms with Crippen molar-refractivity contribution in [3.63, 3.8) is 0 Å². The van der Waals surface area contributed by atoms with E-state index in [4.69, 9.17) is 4.74 Å². The molecule has 1 atom stereocenters. The molecule has 0 radical (unpaired) electrons. The van der Waals surface area contributed by atoms with Gasteiger partial charge in [0.05, 0.1) is 6.54 Å². The van der Waals surface area contributed by atoms with Crippen LogP contribution in [-0.4, -0.2) is 35.4 Å². The van der Waals surface area contributed by atoms with Gasteiger partial charge in [-0.25, -0.2) is 4.79 Å². The molecule has 1 N–H and O–H groups in total. The lowest BCUT2D eigenvalue weighted by atomic mass is 10.1. The lowest BCUT2D eigenvalue weighted by Gasteiger charge is -2.23. The second-order valence-electron chi connectivity index (χ2n) is 7.08. The van der Waals surface area contributed by atoms with Crippen LogP contribution < -0.4 is 15.0 Å². The number of amides is 2. The summed E-state index contributed by atoms with van der Waals surface area (Å²) in [6.45, 7) is 2.53. The Hall–Kier alpha value is -3.56. The third-order valence-electron chi connectivity index (χ3n) is 4.85. The molecule has 1 unspecified atom stereocenters. The topological polar surface area (TPSA) is 80.5 Å². The summed E-state index contributed by atoms with van der Waals surface area (Å²) in [6, 6.07) is 13.9. The Morgan fingerprint density at radius 2 is 1.97 bits per heavy atom. The van der Waals surface area contributed by atoms with Crippen LogP contribution in [0.15, 0.2) is 53.1 Å². The summed E-state index contributed by atoms with van der Waals surface area (Å²) in [4.78, 5) is 17.6. The highest BCUT2D eigenvalue weighted by atomic mass is 19.4. The highest BCUT2D eigenvalue weighted by molar-refractivity contribution is 5.94. The minimum absolute atomic E-state index is 0.0777. The molecule has 0 fully saturated rings. The average molecular weight is 432 g/mol. The van der Waals surface area contributed by atoms with Gasteiger partial charge in [-0.05, 0) is 49.2 Å². The van der Waals surface area contributed by atoms with Gasteiger partial charge in [0.15, 0.2) is 0 Å². The molecule has 0 spiro atoms. The molecular formula is C21H19F3N4O3. The monoisotopic (exact) mass is 432 g/mol. The highest BCUT2D eigenvalue weighted by Crippen LogP contribution is 2.32. The Bertz CT molecular complexity index is 1070. The van der Waals surface area contributed by atoms with E-state index < -0.39 is 12.1 Å². The molecule has 2 amide bonds. The molecule has 0 bridgehead atoms. The Labute approximate surface area is 175 Å². The number of benzene rings is 2. The van der Waals surface area contributed by atoms with Crippen LogP contribution in [0.4, 0.5) is 23.7 Å². The van der Waals surface area contributed by atoms with Crippen LogP contribution >= 0.6 is 0 Å². The first-order valence-corrected chi connectivity index (χ1v) is 9.62. The predicted molar refractivity (Wildman–Crippen MR) is 106 cm³/mol.